The van der Waals surface area contributed by atoms with Crippen LogP contribution in [0.25, 0.3) is 6.08 Å². The third-order valence-corrected chi connectivity index (χ3v) is 7.74. The van der Waals surface area contributed by atoms with Crippen LogP contribution in [0.15, 0.2) is 65.7 Å². The number of benzene rings is 2. The topological polar surface area (TPSA) is 250 Å². The van der Waals surface area contributed by atoms with Gasteiger partial charge in [-0.15, -0.1) is 0 Å². The summed E-state index contributed by atoms with van der Waals surface area (Å²) < 4.78 is 13.6. The minimum absolute atomic E-state index is 0.00421. The van der Waals surface area contributed by atoms with E-state index in [-0.39, 0.29) is 44.1 Å². The van der Waals surface area contributed by atoms with Gasteiger partial charge >= 0.3 is 0 Å². The molecule has 0 aliphatic heterocycles. The summed E-state index contributed by atoms with van der Waals surface area (Å²) in [5.41, 5.74) is 23.3. The van der Waals surface area contributed by atoms with Crippen molar-refractivity contribution >= 4 is 41.6 Å². The third kappa shape index (κ3) is 16.8. The zero-order valence-electron chi connectivity index (χ0n) is 29.3. The van der Waals surface area contributed by atoms with E-state index in [2.05, 4.69) is 26.3 Å². The van der Waals surface area contributed by atoms with E-state index in [1.54, 1.807) is 6.08 Å². The molecule has 0 fully saturated rings. The summed E-state index contributed by atoms with van der Waals surface area (Å²) in [6.07, 6.45) is 4.87. The van der Waals surface area contributed by atoms with E-state index >= 15 is 0 Å². The molecule has 0 heterocycles. The molecule has 2 aromatic rings. The number of nitrogens with two attached hydrogens (primary N) is 4. The van der Waals surface area contributed by atoms with Crippen molar-refractivity contribution in [1.29, 1.82) is 0 Å². The van der Waals surface area contributed by atoms with E-state index in [1.807, 2.05) is 44.2 Å². The van der Waals surface area contributed by atoms with Crippen molar-refractivity contribution in [3.05, 3.63) is 77.6 Å². The summed E-state index contributed by atoms with van der Waals surface area (Å²) >= 11 is 0. The summed E-state index contributed by atoms with van der Waals surface area (Å²) in [7, 11) is 0. The Bertz CT molecular complexity index is 1480. The lowest BCUT2D eigenvalue weighted by Crippen LogP contribution is -2.58. The number of carbonyl (C=O) groups excluding carboxylic acids is 5. The van der Waals surface area contributed by atoms with Crippen LogP contribution in [0.1, 0.15) is 63.5 Å². The SMILES string of the molecule is CC(C)C[C@H](NC(=O)[C@H](CCCCN)NC(=O)[C@H](Cc1ccc(F)cc1)NC(=O)/C=C/c1ccccc1)C(=O)N[C@@H](CCCN=C(N)N)C(N)=O. The van der Waals surface area contributed by atoms with Crippen LogP contribution in [0.5, 0.6) is 0 Å². The van der Waals surface area contributed by atoms with Crippen molar-refractivity contribution in [2.24, 2.45) is 33.8 Å². The van der Waals surface area contributed by atoms with E-state index < -0.39 is 59.5 Å². The molecule has 5 amide bonds. The number of aliphatic imine (C=N–C) groups is 1. The quantitative estimate of drug-likeness (QED) is 0.0374. The third-order valence-electron chi connectivity index (χ3n) is 7.74. The number of hydrogen-bond donors (Lipinski definition) is 8. The molecule has 278 valence electrons. The van der Waals surface area contributed by atoms with Crippen LogP contribution in [-0.4, -0.2) is 72.8 Å². The number of halogens is 1. The fourth-order valence-corrected chi connectivity index (χ4v) is 5.09. The van der Waals surface area contributed by atoms with Crippen molar-refractivity contribution in [2.45, 2.75) is 83.0 Å². The number of nitrogens with one attached hydrogen (secondary N) is 4. The Kier molecular flexibility index (Phi) is 18.4. The first kappa shape index (κ1) is 41.9. The Hall–Kier alpha value is -5.31. The lowest BCUT2D eigenvalue weighted by atomic mass is 10.0. The predicted octanol–water partition coefficient (Wildman–Crippen LogP) is 0.735. The number of guanidine groups is 1. The predicted molar refractivity (Wildman–Crippen MR) is 195 cm³/mol. The molecule has 0 bridgehead atoms. The summed E-state index contributed by atoms with van der Waals surface area (Å²) in [5, 5.41) is 10.8. The van der Waals surface area contributed by atoms with Crippen molar-refractivity contribution in [3.8, 4) is 0 Å². The van der Waals surface area contributed by atoms with Gasteiger partial charge in [-0.3, -0.25) is 29.0 Å². The van der Waals surface area contributed by atoms with Gasteiger partial charge in [0.25, 0.3) is 0 Å². The first-order chi connectivity index (χ1) is 24.3. The zero-order valence-corrected chi connectivity index (χ0v) is 29.3. The first-order valence-electron chi connectivity index (χ1n) is 17.0. The van der Waals surface area contributed by atoms with Gasteiger partial charge in [-0.25, -0.2) is 4.39 Å². The monoisotopic (exact) mass is 709 g/mol. The largest absolute Gasteiger partial charge is 0.370 e. The first-order valence-corrected chi connectivity index (χ1v) is 17.0. The van der Waals surface area contributed by atoms with Gasteiger partial charge in [-0.2, -0.15) is 0 Å². The highest BCUT2D eigenvalue weighted by atomic mass is 19.1. The van der Waals surface area contributed by atoms with Gasteiger partial charge in [0, 0.05) is 19.0 Å². The molecule has 2 rings (SSSR count). The molecule has 0 aliphatic carbocycles. The Labute approximate surface area is 298 Å². The lowest BCUT2D eigenvalue weighted by Gasteiger charge is -2.27. The number of carbonyl (C=O) groups is 5. The molecule has 4 atom stereocenters. The second kappa shape index (κ2) is 22.4. The van der Waals surface area contributed by atoms with Crippen LogP contribution in [0, 0.1) is 11.7 Å². The van der Waals surface area contributed by atoms with Gasteiger partial charge in [0.15, 0.2) is 5.96 Å². The van der Waals surface area contributed by atoms with E-state index in [1.165, 1.54) is 30.3 Å². The van der Waals surface area contributed by atoms with Crippen LogP contribution in [0.4, 0.5) is 4.39 Å². The van der Waals surface area contributed by atoms with Crippen LogP contribution >= 0.6 is 0 Å². The summed E-state index contributed by atoms with van der Waals surface area (Å²) in [5.74, 6) is -3.84. The van der Waals surface area contributed by atoms with E-state index in [4.69, 9.17) is 22.9 Å². The molecule has 0 saturated heterocycles. The fourth-order valence-electron chi connectivity index (χ4n) is 5.09. The number of primary amides is 1. The molecular formula is C36H52FN9O5. The second-order valence-corrected chi connectivity index (χ2v) is 12.6. The molecule has 0 unspecified atom stereocenters. The van der Waals surface area contributed by atoms with Crippen LogP contribution < -0.4 is 44.2 Å². The Morgan fingerprint density at radius 2 is 1.33 bits per heavy atom. The zero-order chi connectivity index (χ0) is 37.8. The van der Waals surface area contributed by atoms with E-state index in [0.29, 0.717) is 31.4 Å². The number of rotatable bonds is 22. The highest BCUT2D eigenvalue weighted by molar-refractivity contribution is 5.97. The average Bonchev–Trinajstić information content (AvgIpc) is 3.08. The standard InChI is InChI=1S/C36H52FN9O5/c1-23(2)21-29(34(50)44-27(32(39)48)12-8-20-42-36(40)41)46-33(49)28(11-6-7-19-38)45-35(51)30(22-25-13-16-26(37)17-14-25)43-31(47)18-15-24-9-4-3-5-10-24/h3-5,9-10,13-18,23,27-30H,6-8,11-12,19-22,38H2,1-2H3,(H2,39,48)(H,43,47)(H,44,50)(H,45,51)(H,46,49)(H4,40,41,42)/b18-15+/t27-,28-,29-,30-/m0/s1. The molecule has 0 aromatic heterocycles. The summed E-state index contributed by atoms with van der Waals surface area (Å²) in [6.45, 7) is 4.31. The molecule has 0 spiro atoms. The summed E-state index contributed by atoms with van der Waals surface area (Å²) in [6, 6.07) is 10.3. The van der Waals surface area contributed by atoms with Gasteiger partial charge in [-0.1, -0.05) is 56.3 Å². The number of unbranched alkanes of at least 4 members (excludes halogenated alkanes) is 1. The fraction of sp³-hybridized carbons (Fsp3) is 0.444. The van der Waals surface area contributed by atoms with Gasteiger partial charge in [-0.05, 0) is 80.3 Å². The summed E-state index contributed by atoms with van der Waals surface area (Å²) in [4.78, 5) is 69.9. The smallest absolute Gasteiger partial charge is 0.244 e. The number of hydrogen-bond acceptors (Lipinski definition) is 7. The number of amides is 5. The van der Waals surface area contributed by atoms with Crippen LogP contribution in [0.2, 0.25) is 0 Å². The van der Waals surface area contributed by atoms with Crippen LogP contribution in [0.3, 0.4) is 0 Å². The molecule has 12 N–H and O–H groups in total. The number of nitrogens with zero attached hydrogens (tertiary/aromatic N) is 1. The molecule has 0 saturated carbocycles. The molecule has 14 nitrogen and oxygen atoms in total. The van der Waals surface area contributed by atoms with E-state index in [9.17, 15) is 28.4 Å². The Morgan fingerprint density at radius 3 is 1.94 bits per heavy atom. The maximum Gasteiger partial charge on any atom is 0.244 e. The molecule has 0 radical (unpaired) electrons. The second-order valence-electron chi connectivity index (χ2n) is 12.6. The van der Waals surface area contributed by atoms with Crippen LogP contribution in [-0.2, 0) is 30.4 Å². The van der Waals surface area contributed by atoms with Crippen molar-refractivity contribution in [3.63, 3.8) is 0 Å². The average molecular weight is 710 g/mol. The van der Waals surface area contributed by atoms with Gasteiger partial charge in [0.05, 0.1) is 0 Å². The highest BCUT2D eigenvalue weighted by Crippen LogP contribution is 2.11. The van der Waals surface area contributed by atoms with Crippen molar-refractivity contribution in [2.75, 3.05) is 13.1 Å². The maximum absolute atomic E-state index is 13.8. The molecular weight excluding hydrogens is 657 g/mol. The van der Waals surface area contributed by atoms with E-state index in [0.717, 1.165) is 5.56 Å². The van der Waals surface area contributed by atoms with Gasteiger partial charge < -0.3 is 44.2 Å². The van der Waals surface area contributed by atoms with Crippen molar-refractivity contribution < 1.29 is 28.4 Å². The molecule has 51 heavy (non-hydrogen) atoms. The van der Waals surface area contributed by atoms with Crippen molar-refractivity contribution in [1.82, 2.24) is 21.3 Å². The Balaban J connectivity index is 2.27. The van der Waals surface area contributed by atoms with Gasteiger partial charge in [0.1, 0.15) is 30.0 Å². The molecule has 2 aromatic carbocycles. The highest BCUT2D eigenvalue weighted by Gasteiger charge is 2.31. The lowest BCUT2D eigenvalue weighted by molar-refractivity contribution is -0.134. The minimum atomic E-state index is -1.14. The Morgan fingerprint density at radius 1 is 0.745 bits per heavy atom. The molecule has 15 heteroatoms. The van der Waals surface area contributed by atoms with Gasteiger partial charge in [0.2, 0.25) is 29.5 Å². The minimum Gasteiger partial charge on any atom is -0.370 e. The molecule has 0 aliphatic rings. The normalized spacial score (nSPS) is 13.4. The maximum atomic E-state index is 13.8.